The van der Waals surface area contributed by atoms with Gasteiger partial charge >= 0.3 is 0 Å². The largest absolute Gasteiger partial charge is 0.354 e. The van der Waals surface area contributed by atoms with Crippen molar-refractivity contribution in [3.63, 3.8) is 0 Å². The molecule has 10 nitrogen and oxygen atoms in total. The lowest BCUT2D eigenvalue weighted by atomic mass is 10.0. The molecule has 6 heterocycles. The molecule has 0 radical (unpaired) electrons. The van der Waals surface area contributed by atoms with E-state index in [1.807, 2.05) is 103 Å². The van der Waals surface area contributed by atoms with Crippen molar-refractivity contribution < 1.29 is 0 Å². The Morgan fingerprint density at radius 1 is 0.205 bits per heavy atom. The molecule has 22 rings (SSSR count). The van der Waals surface area contributed by atoms with Gasteiger partial charge in [0.15, 0.2) is 34.9 Å². The molecule has 0 spiro atoms. The van der Waals surface area contributed by atoms with Crippen molar-refractivity contribution in [2.24, 2.45) is 0 Å². The molecule has 0 bridgehead atoms. The van der Waals surface area contributed by atoms with Crippen LogP contribution in [0.2, 0.25) is 5.02 Å². The van der Waals surface area contributed by atoms with Gasteiger partial charge in [-0.1, -0.05) is 315 Å². The van der Waals surface area contributed by atoms with E-state index in [0.29, 0.717) is 40.0 Å². The molecule has 0 aliphatic rings. The first kappa shape index (κ1) is 70.6. The minimum Gasteiger partial charge on any atom is -0.354 e. The fourth-order valence-corrected chi connectivity index (χ4v) is 16.1. The van der Waals surface area contributed by atoms with Crippen LogP contribution < -0.4 is 0 Å². The van der Waals surface area contributed by atoms with Crippen molar-refractivity contribution in [3.05, 3.63) is 430 Å². The van der Waals surface area contributed by atoms with E-state index < -0.39 is 0 Å². The summed E-state index contributed by atoms with van der Waals surface area (Å²) in [5.74, 6) is 3.66. The monoisotopic (exact) mass is 1520 g/mol. The van der Waals surface area contributed by atoms with Crippen LogP contribution in [0.25, 0.3) is 195 Å². The Kier molecular flexibility index (Phi) is 18.9. The molecule has 16 aromatic carbocycles. The number of nitrogens with zero attached hydrogens (tertiary/aromatic N) is 9. The first-order chi connectivity index (χ1) is 57.9. The Labute approximate surface area is 680 Å². The molecule has 1 N–H and O–H groups in total. The van der Waals surface area contributed by atoms with Gasteiger partial charge in [0.1, 0.15) is 0 Å². The molecule has 11 heteroatoms. The number of aromatic nitrogens is 10. The molecule has 0 aliphatic heterocycles. The third-order valence-electron chi connectivity index (χ3n) is 21.5. The molecule has 552 valence electrons. The van der Waals surface area contributed by atoms with Gasteiger partial charge in [0, 0.05) is 106 Å². The van der Waals surface area contributed by atoms with Gasteiger partial charge in [-0.25, -0.2) is 29.9 Å². The molecule has 22 aromatic rings. The summed E-state index contributed by atoms with van der Waals surface area (Å²) in [6.07, 6.45) is 4.32. The van der Waals surface area contributed by atoms with E-state index >= 15 is 0 Å². The van der Waals surface area contributed by atoms with Gasteiger partial charge in [0.2, 0.25) is 0 Å². The molecular formula is C106H71ClN10. The summed E-state index contributed by atoms with van der Waals surface area (Å²) in [5, 5.41) is 8.07. The summed E-state index contributed by atoms with van der Waals surface area (Å²) >= 11 is 6.31. The van der Waals surface area contributed by atoms with Crippen LogP contribution in [0.1, 0.15) is 0 Å². The Bertz CT molecular complexity index is 7180. The Morgan fingerprint density at radius 2 is 0.530 bits per heavy atom. The predicted octanol–water partition coefficient (Wildman–Crippen LogP) is 27.4. The maximum atomic E-state index is 6.31. The van der Waals surface area contributed by atoms with Crippen LogP contribution in [0, 0.1) is 0 Å². The minimum atomic E-state index is 0.581. The van der Waals surface area contributed by atoms with E-state index in [-0.39, 0.29) is 0 Å². The van der Waals surface area contributed by atoms with Gasteiger partial charge in [-0.2, -0.15) is 0 Å². The van der Waals surface area contributed by atoms with Gasteiger partial charge in [-0.05, 0) is 154 Å². The maximum Gasteiger partial charge on any atom is 0.164 e. The first-order valence-electron chi connectivity index (χ1n) is 39.1. The fraction of sp³-hybridized carbons (Fsp3) is 0. The molecule has 0 unspecified atom stereocenters. The molecule has 0 saturated heterocycles. The van der Waals surface area contributed by atoms with Gasteiger partial charge in [-0.3, -0.25) is 0 Å². The minimum absolute atomic E-state index is 0.581. The van der Waals surface area contributed by atoms with Crippen LogP contribution in [-0.2, 0) is 0 Å². The Hall–Kier alpha value is -15.5. The predicted molar refractivity (Wildman–Crippen MR) is 483 cm³/mol. The fourth-order valence-electron chi connectivity index (χ4n) is 15.9. The zero-order valence-electron chi connectivity index (χ0n) is 63.3. The number of para-hydroxylation sites is 4. The van der Waals surface area contributed by atoms with Crippen molar-refractivity contribution >= 4 is 77.0 Å². The average molecular weight is 1520 g/mol. The number of hydrogen-bond donors (Lipinski definition) is 1. The van der Waals surface area contributed by atoms with E-state index in [4.69, 9.17) is 41.5 Å². The zero-order chi connectivity index (χ0) is 78.0. The summed E-state index contributed by atoms with van der Waals surface area (Å²) in [6, 6.07) is 143. The van der Waals surface area contributed by atoms with Crippen LogP contribution in [0.3, 0.4) is 0 Å². The number of H-pyrrole nitrogens is 1. The number of halogens is 1. The van der Waals surface area contributed by atoms with Crippen LogP contribution in [0.15, 0.2) is 425 Å². The van der Waals surface area contributed by atoms with Crippen molar-refractivity contribution in [1.29, 1.82) is 0 Å². The average Bonchev–Trinajstić information content (AvgIpc) is 1.59. The number of rotatable bonds is 13. The lowest BCUT2D eigenvalue weighted by Crippen LogP contribution is -2.01. The lowest BCUT2D eigenvalue weighted by molar-refractivity contribution is 1.07. The molecule has 0 atom stereocenters. The lowest BCUT2D eigenvalue weighted by Gasteiger charge is -2.13. The summed E-state index contributed by atoms with van der Waals surface area (Å²) in [4.78, 5) is 33.8. The Morgan fingerprint density at radius 3 is 0.974 bits per heavy atom. The molecule has 6 aromatic heterocycles. The molecule has 117 heavy (non-hydrogen) atoms. The quantitative estimate of drug-likeness (QED) is 0.123. The van der Waals surface area contributed by atoms with Crippen LogP contribution in [0.5, 0.6) is 0 Å². The van der Waals surface area contributed by atoms with Gasteiger partial charge < -0.3 is 18.7 Å². The van der Waals surface area contributed by atoms with Crippen LogP contribution >= 0.6 is 11.6 Å². The highest BCUT2D eigenvalue weighted by Crippen LogP contribution is 2.41. The molecule has 0 amide bonds. The summed E-state index contributed by atoms with van der Waals surface area (Å²) in [5.41, 5.74) is 24.9. The van der Waals surface area contributed by atoms with Gasteiger partial charge in [-0.15, -0.1) is 0 Å². The highest BCUT2D eigenvalue weighted by Gasteiger charge is 2.22. The van der Waals surface area contributed by atoms with Crippen molar-refractivity contribution in [1.82, 2.24) is 48.6 Å². The summed E-state index contributed by atoms with van der Waals surface area (Å²) in [6.45, 7) is 0. The van der Waals surface area contributed by atoms with E-state index in [0.717, 1.165) is 106 Å². The van der Waals surface area contributed by atoms with E-state index in [2.05, 4.69) is 340 Å². The second-order valence-electron chi connectivity index (χ2n) is 28.8. The van der Waals surface area contributed by atoms with Crippen LogP contribution in [-0.4, -0.2) is 48.6 Å². The molecular weight excluding hydrogens is 1450 g/mol. The topological polar surface area (TPSA) is 108 Å². The smallest absolute Gasteiger partial charge is 0.164 e. The third-order valence-corrected chi connectivity index (χ3v) is 21.8. The molecule has 0 saturated carbocycles. The van der Waals surface area contributed by atoms with Crippen LogP contribution in [0.4, 0.5) is 0 Å². The van der Waals surface area contributed by atoms with Crippen molar-refractivity contribution in [2.45, 2.75) is 0 Å². The SMILES string of the molecule is Clc1cccc(-c2nc(-c3cccc(-c4ccccc4)c3)nc(-c3cccc(-c4ccccc4)c3)n2)c1.c1ccc(-c2cccc(-c3nc(-c4cccc(-c5ccccc5)c4)nc(-c4cccc(-n5c6ccccc6c6ccc7c(ccn7-c7ccccc7)c65)c4)n3)c2)cc1.c1ccc(-n2ccc3c4[nH]c5ccccc5c4ccc32)cc1. The summed E-state index contributed by atoms with van der Waals surface area (Å²) in [7, 11) is 0. The van der Waals surface area contributed by atoms with E-state index in [1.54, 1.807) is 0 Å². The molecule has 0 aliphatic carbocycles. The number of aromatic amines is 1. The van der Waals surface area contributed by atoms with Crippen molar-refractivity contribution in [3.8, 4) is 130 Å². The Balaban J connectivity index is 0.000000126. The van der Waals surface area contributed by atoms with Crippen molar-refractivity contribution in [2.75, 3.05) is 0 Å². The third kappa shape index (κ3) is 14.2. The number of benzene rings is 16. The number of hydrogen-bond acceptors (Lipinski definition) is 6. The second kappa shape index (κ2) is 31.2. The molecule has 0 fully saturated rings. The first-order valence-corrected chi connectivity index (χ1v) is 39.4. The normalized spacial score (nSPS) is 11.3. The number of nitrogens with one attached hydrogen (secondary N) is 1. The zero-order valence-corrected chi connectivity index (χ0v) is 64.1. The summed E-state index contributed by atoms with van der Waals surface area (Å²) < 4.78 is 6.89. The highest BCUT2D eigenvalue weighted by molar-refractivity contribution is 6.30. The standard InChI is InChI=1S/C53H35N5.C33H22ClN3.C20H14N2/c1-4-15-36(16-5-1)38-19-12-21-40(33-38)51-54-52(41-22-13-20-39(34-41)37-17-6-2-7-18-37)56-53(55-51)42-23-14-26-44(35-42)58-49-28-11-10-27-45(49)46-29-30-48-47(50(46)58)31-32-57(48)43-24-8-3-9-25-43;34-30-19-9-18-29(22-30)33-36-31(27-16-7-14-25(20-27)23-10-3-1-4-11-23)35-32(37-33)28-17-8-15-26(21-28)24-12-5-2-6-13-24;1-2-6-14(7-3-1)22-13-12-17-19(22)11-10-16-15-8-4-5-9-18(15)21-20(16)17/h1-35H;1-22H;1-13,21H. The highest BCUT2D eigenvalue weighted by atomic mass is 35.5. The van der Waals surface area contributed by atoms with Gasteiger partial charge in [0.25, 0.3) is 0 Å². The number of fused-ring (bicyclic) bond motifs is 10. The van der Waals surface area contributed by atoms with E-state index in [1.165, 1.54) is 54.6 Å². The second-order valence-corrected chi connectivity index (χ2v) is 29.3. The van der Waals surface area contributed by atoms with E-state index in [9.17, 15) is 0 Å². The maximum absolute atomic E-state index is 6.31. The van der Waals surface area contributed by atoms with Gasteiger partial charge in [0.05, 0.1) is 27.6 Å².